The Bertz CT molecular complexity index is 1290. The van der Waals surface area contributed by atoms with E-state index in [1.165, 1.54) is 16.0 Å². The molecule has 6 rings (SSSR count). The van der Waals surface area contributed by atoms with Crippen LogP contribution >= 0.6 is 0 Å². The summed E-state index contributed by atoms with van der Waals surface area (Å²) >= 11 is 0. The number of nitrogens with one attached hydrogen (secondary N) is 2. The van der Waals surface area contributed by atoms with Crippen molar-refractivity contribution in [2.45, 2.75) is 37.9 Å². The fraction of sp³-hybridized carbons (Fsp3) is 0.250. The highest BCUT2D eigenvalue weighted by atomic mass is 16.2. The monoisotopic (exact) mass is 412 g/mol. The molecular weight excluding hydrogens is 392 g/mol. The molecule has 7 heteroatoms. The molecule has 3 aromatic rings. The fourth-order valence-electron chi connectivity index (χ4n) is 5.08. The van der Waals surface area contributed by atoms with Gasteiger partial charge in [-0.3, -0.25) is 29.6 Å². The van der Waals surface area contributed by atoms with Gasteiger partial charge in [0.1, 0.15) is 6.04 Å². The van der Waals surface area contributed by atoms with Gasteiger partial charge >= 0.3 is 0 Å². The molecule has 154 valence electrons. The first-order valence-corrected chi connectivity index (χ1v) is 10.5. The highest BCUT2D eigenvalue weighted by molar-refractivity contribution is 6.27. The molecule has 0 spiro atoms. The van der Waals surface area contributed by atoms with Crippen LogP contribution in [0.4, 0.5) is 5.69 Å². The van der Waals surface area contributed by atoms with Crippen molar-refractivity contribution in [3.8, 4) is 0 Å². The molecule has 1 fully saturated rings. The van der Waals surface area contributed by atoms with Gasteiger partial charge in [-0.25, -0.2) is 0 Å². The minimum absolute atomic E-state index is 0.0893. The third-order valence-corrected chi connectivity index (χ3v) is 6.59. The van der Waals surface area contributed by atoms with E-state index in [9.17, 15) is 14.4 Å². The maximum absolute atomic E-state index is 13.3. The lowest BCUT2D eigenvalue weighted by atomic mass is 9.90. The highest BCUT2D eigenvalue weighted by Crippen LogP contribution is 2.41. The summed E-state index contributed by atoms with van der Waals surface area (Å²) in [5, 5.41) is 6.75. The molecular formula is C24H20N4O3. The molecule has 0 aliphatic carbocycles. The van der Waals surface area contributed by atoms with Crippen molar-refractivity contribution in [1.29, 1.82) is 0 Å². The molecule has 1 saturated heterocycles. The summed E-state index contributed by atoms with van der Waals surface area (Å²) in [5.41, 5.74) is 5.70. The van der Waals surface area contributed by atoms with Crippen LogP contribution in [0.1, 0.15) is 45.9 Å². The van der Waals surface area contributed by atoms with Gasteiger partial charge in [0.25, 0.3) is 5.91 Å². The summed E-state index contributed by atoms with van der Waals surface area (Å²) in [6.45, 7) is 0.783. The number of amides is 3. The van der Waals surface area contributed by atoms with Crippen molar-refractivity contribution in [2.75, 3.05) is 4.90 Å². The summed E-state index contributed by atoms with van der Waals surface area (Å²) in [7, 11) is 0. The number of pyridine rings is 1. The minimum atomic E-state index is -0.689. The number of hydrogen-bond donors (Lipinski definition) is 2. The predicted octanol–water partition coefficient (Wildman–Crippen LogP) is 2.39. The Morgan fingerprint density at radius 3 is 2.68 bits per heavy atom. The molecule has 1 unspecified atom stereocenters. The zero-order chi connectivity index (χ0) is 21.1. The SMILES string of the molecule is O=C1CCC(N2C(=O)c3ccc([C@H]4Cc5ccccc5CN4)c4nccc2c34)C(=O)N1. The van der Waals surface area contributed by atoms with E-state index in [1.807, 2.05) is 12.1 Å². The molecule has 2 N–H and O–H groups in total. The van der Waals surface area contributed by atoms with Gasteiger partial charge in [-0.05, 0) is 41.7 Å². The Hall–Kier alpha value is -3.58. The number of fused-ring (bicyclic) bond motifs is 1. The molecule has 0 bridgehead atoms. The molecule has 3 amide bonds. The van der Waals surface area contributed by atoms with Crippen LogP contribution in [0, 0.1) is 0 Å². The van der Waals surface area contributed by atoms with E-state index >= 15 is 0 Å². The van der Waals surface area contributed by atoms with Gasteiger partial charge in [-0.1, -0.05) is 30.3 Å². The van der Waals surface area contributed by atoms with Crippen LogP contribution in [-0.2, 0) is 22.6 Å². The van der Waals surface area contributed by atoms with Crippen molar-refractivity contribution >= 4 is 34.3 Å². The molecule has 1 aromatic heterocycles. The number of benzene rings is 2. The molecule has 0 radical (unpaired) electrons. The van der Waals surface area contributed by atoms with Crippen molar-refractivity contribution in [3.63, 3.8) is 0 Å². The molecule has 31 heavy (non-hydrogen) atoms. The number of rotatable bonds is 2. The first-order chi connectivity index (χ1) is 15.1. The number of hydrogen-bond acceptors (Lipinski definition) is 5. The van der Waals surface area contributed by atoms with E-state index in [4.69, 9.17) is 0 Å². The standard InChI is InChI=1S/C24H20N4O3/c29-20-8-7-19(23(30)27-20)28-18-9-10-25-22-15(5-6-16(21(18)22)24(28)31)17-11-13-3-1-2-4-14(13)12-26-17/h1-6,9-10,17,19,26H,7-8,11-12H2,(H,27,29,30)/t17-,19?/m1/s1. The number of carbonyl (C=O) groups excluding carboxylic acids is 3. The Morgan fingerprint density at radius 2 is 1.84 bits per heavy atom. The van der Waals surface area contributed by atoms with Gasteiger partial charge in [-0.2, -0.15) is 0 Å². The molecule has 0 saturated carbocycles. The van der Waals surface area contributed by atoms with Crippen molar-refractivity contribution < 1.29 is 14.4 Å². The van der Waals surface area contributed by atoms with Crippen LogP contribution in [0.3, 0.4) is 0 Å². The number of aromatic nitrogens is 1. The second-order valence-corrected chi connectivity index (χ2v) is 8.30. The minimum Gasteiger partial charge on any atom is -0.305 e. The van der Waals surface area contributed by atoms with Gasteiger partial charge in [0.15, 0.2) is 0 Å². The second kappa shape index (κ2) is 6.72. The van der Waals surface area contributed by atoms with E-state index in [0.29, 0.717) is 17.7 Å². The summed E-state index contributed by atoms with van der Waals surface area (Å²) in [4.78, 5) is 43.5. The first-order valence-electron chi connectivity index (χ1n) is 10.5. The van der Waals surface area contributed by atoms with E-state index in [0.717, 1.165) is 29.4 Å². The lowest BCUT2D eigenvalue weighted by Gasteiger charge is -2.30. The molecule has 7 nitrogen and oxygen atoms in total. The Morgan fingerprint density at radius 1 is 1.00 bits per heavy atom. The molecule has 3 aliphatic rings. The van der Waals surface area contributed by atoms with Crippen LogP contribution in [0.25, 0.3) is 10.9 Å². The third-order valence-electron chi connectivity index (χ3n) is 6.59. The average molecular weight is 412 g/mol. The Labute approximate surface area is 178 Å². The molecule has 3 aliphatic heterocycles. The largest absolute Gasteiger partial charge is 0.305 e. The van der Waals surface area contributed by atoms with Crippen molar-refractivity contribution in [1.82, 2.24) is 15.6 Å². The predicted molar refractivity (Wildman–Crippen MR) is 114 cm³/mol. The Kier molecular flexibility index (Phi) is 3.94. The van der Waals surface area contributed by atoms with Gasteiger partial charge in [0.05, 0.1) is 16.8 Å². The van der Waals surface area contributed by atoms with E-state index in [2.05, 4.69) is 39.9 Å². The topological polar surface area (TPSA) is 91.4 Å². The Balaban J connectivity index is 1.44. The van der Waals surface area contributed by atoms with Crippen LogP contribution in [-0.4, -0.2) is 28.7 Å². The highest BCUT2D eigenvalue weighted by Gasteiger charge is 2.41. The second-order valence-electron chi connectivity index (χ2n) is 8.30. The third kappa shape index (κ3) is 2.70. The maximum atomic E-state index is 13.3. The number of nitrogens with zero attached hydrogens (tertiary/aromatic N) is 2. The summed E-state index contributed by atoms with van der Waals surface area (Å²) in [6, 6.07) is 13.4. The van der Waals surface area contributed by atoms with Gasteiger partial charge in [0, 0.05) is 30.6 Å². The number of anilines is 1. The van der Waals surface area contributed by atoms with Crippen LogP contribution < -0.4 is 15.5 Å². The molecule has 2 aromatic carbocycles. The zero-order valence-electron chi connectivity index (χ0n) is 16.7. The van der Waals surface area contributed by atoms with Gasteiger partial charge < -0.3 is 5.32 Å². The number of carbonyl (C=O) groups is 3. The van der Waals surface area contributed by atoms with Crippen LogP contribution in [0.5, 0.6) is 0 Å². The molecule has 2 atom stereocenters. The molecule has 4 heterocycles. The lowest BCUT2D eigenvalue weighted by molar-refractivity contribution is -0.134. The van der Waals surface area contributed by atoms with Crippen LogP contribution in [0.15, 0.2) is 48.7 Å². The number of piperidine rings is 1. The summed E-state index contributed by atoms with van der Waals surface area (Å²) in [6.07, 6.45) is 3.09. The quantitative estimate of drug-likeness (QED) is 0.631. The van der Waals surface area contributed by atoms with Crippen LogP contribution in [0.2, 0.25) is 0 Å². The summed E-state index contributed by atoms with van der Waals surface area (Å²) in [5.74, 6) is -0.930. The number of imide groups is 1. The average Bonchev–Trinajstić information content (AvgIpc) is 3.07. The normalized spacial score (nSPS) is 22.6. The van der Waals surface area contributed by atoms with Crippen molar-refractivity contribution in [3.05, 3.63) is 70.9 Å². The summed E-state index contributed by atoms with van der Waals surface area (Å²) < 4.78 is 0. The van der Waals surface area contributed by atoms with Gasteiger partial charge in [-0.15, -0.1) is 0 Å². The van der Waals surface area contributed by atoms with E-state index in [1.54, 1.807) is 12.3 Å². The first kappa shape index (κ1) is 18.2. The van der Waals surface area contributed by atoms with Crippen molar-refractivity contribution in [2.24, 2.45) is 0 Å². The van der Waals surface area contributed by atoms with E-state index in [-0.39, 0.29) is 24.3 Å². The van der Waals surface area contributed by atoms with Gasteiger partial charge in [0.2, 0.25) is 11.8 Å². The lowest BCUT2D eigenvalue weighted by Crippen LogP contribution is -2.53. The zero-order valence-corrected chi connectivity index (χ0v) is 16.7. The smallest absolute Gasteiger partial charge is 0.259 e. The van der Waals surface area contributed by atoms with E-state index < -0.39 is 11.9 Å². The maximum Gasteiger partial charge on any atom is 0.259 e. The fourth-order valence-corrected chi connectivity index (χ4v) is 5.08.